The van der Waals surface area contributed by atoms with E-state index in [0.29, 0.717) is 31.3 Å². The zero-order valence-corrected chi connectivity index (χ0v) is 16.1. The van der Waals surface area contributed by atoms with E-state index < -0.39 is 10.0 Å². The molecule has 0 N–H and O–H groups in total. The highest BCUT2D eigenvalue weighted by atomic mass is 32.2. The molecule has 144 valence electrons. The van der Waals surface area contributed by atoms with Gasteiger partial charge < -0.3 is 9.47 Å². The monoisotopic (exact) mass is 389 g/mol. The number of nitrogens with zero attached hydrogens (tertiary/aromatic N) is 3. The minimum absolute atomic E-state index is 0.167. The number of pyridine rings is 1. The number of fused-ring (bicyclic) bond motifs is 1. The zero-order chi connectivity index (χ0) is 18.9. The highest BCUT2D eigenvalue weighted by Gasteiger charge is 2.25. The van der Waals surface area contributed by atoms with Gasteiger partial charge in [-0.2, -0.15) is 4.31 Å². The Labute approximate surface area is 159 Å². The second-order valence-corrected chi connectivity index (χ2v) is 8.89. The lowest BCUT2D eigenvalue weighted by Crippen LogP contribution is -2.47. The van der Waals surface area contributed by atoms with Crippen molar-refractivity contribution in [3.05, 3.63) is 53.7 Å². The van der Waals surface area contributed by atoms with Crippen molar-refractivity contribution in [3.8, 4) is 11.6 Å². The molecule has 3 heterocycles. The van der Waals surface area contributed by atoms with Crippen molar-refractivity contribution in [1.82, 2.24) is 14.2 Å². The third-order valence-electron chi connectivity index (χ3n) is 4.94. The Morgan fingerprint density at radius 2 is 1.85 bits per heavy atom. The summed E-state index contributed by atoms with van der Waals surface area (Å²) < 4.78 is 36.4. The molecule has 1 atom stereocenters. The van der Waals surface area contributed by atoms with E-state index in [-0.39, 0.29) is 6.10 Å². The number of sulfonamides is 1. The van der Waals surface area contributed by atoms with Crippen molar-refractivity contribution in [3.63, 3.8) is 0 Å². The maximum absolute atomic E-state index is 11.6. The first-order valence-corrected chi connectivity index (χ1v) is 10.8. The lowest BCUT2D eigenvalue weighted by Gasteiger charge is -2.33. The molecule has 1 unspecified atom stereocenters. The molecule has 0 amide bonds. The summed E-state index contributed by atoms with van der Waals surface area (Å²) in [6.07, 6.45) is 2.79. The first-order valence-electron chi connectivity index (χ1n) is 9.00. The van der Waals surface area contributed by atoms with Gasteiger partial charge in [0.1, 0.15) is 6.61 Å². The van der Waals surface area contributed by atoms with E-state index >= 15 is 0 Å². The van der Waals surface area contributed by atoms with Gasteiger partial charge in [-0.3, -0.25) is 4.90 Å². The van der Waals surface area contributed by atoms with E-state index in [0.717, 1.165) is 25.2 Å². The molecule has 0 spiro atoms. The van der Waals surface area contributed by atoms with Crippen molar-refractivity contribution in [1.29, 1.82) is 0 Å². The number of aromatic nitrogens is 1. The number of piperazine rings is 1. The molecule has 2 aliphatic rings. The molecule has 2 aliphatic heterocycles. The quantitative estimate of drug-likeness (QED) is 0.792. The maximum Gasteiger partial charge on any atom is 0.257 e. The van der Waals surface area contributed by atoms with Crippen LogP contribution in [0.4, 0.5) is 0 Å². The van der Waals surface area contributed by atoms with Gasteiger partial charge in [0.15, 0.2) is 11.9 Å². The minimum atomic E-state index is -3.09. The maximum atomic E-state index is 11.6. The second-order valence-electron chi connectivity index (χ2n) is 6.90. The molecule has 4 rings (SSSR count). The number of rotatable bonds is 4. The zero-order valence-electron chi connectivity index (χ0n) is 15.2. The lowest BCUT2D eigenvalue weighted by molar-refractivity contribution is 0.0850. The van der Waals surface area contributed by atoms with Gasteiger partial charge in [0.05, 0.1) is 6.26 Å². The fourth-order valence-corrected chi connectivity index (χ4v) is 4.21. The van der Waals surface area contributed by atoms with E-state index in [4.69, 9.17) is 9.47 Å². The molecule has 0 aliphatic carbocycles. The smallest absolute Gasteiger partial charge is 0.257 e. The largest absolute Gasteiger partial charge is 0.484 e. The normalized spacial score (nSPS) is 21.1. The summed E-state index contributed by atoms with van der Waals surface area (Å²) >= 11 is 0. The third kappa shape index (κ3) is 4.23. The Balaban J connectivity index is 1.35. The summed E-state index contributed by atoms with van der Waals surface area (Å²) in [4.78, 5) is 6.49. The summed E-state index contributed by atoms with van der Waals surface area (Å²) in [5, 5.41) is 0. The molecule has 27 heavy (non-hydrogen) atoms. The molecular weight excluding hydrogens is 366 g/mol. The molecular formula is C19H23N3O4S. The van der Waals surface area contributed by atoms with E-state index in [1.54, 1.807) is 10.5 Å². The Kier molecular flexibility index (Phi) is 5.03. The summed E-state index contributed by atoms with van der Waals surface area (Å²) in [6, 6.07) is 12.0. The SMILES string of the molecule is CS(=O)(=O)N1CCN(Cc2ccc(C3COc4cccnc4O3)cc2)CC1. The highest BCUT2D eigenvalue weighted by Crippen LogP contribution is 2.33. The standard InChI is InChI=1S/C19H23N3O4S/c1-27(23,24)22-11-9-21(10-12-22)13-15-4-6-16(7-5-15)18-14-25-17-3-2-8-20-19(17)26-18/h2-8,18H,9-14H2,1H3. The Morgan fingerprint density at radius 3 is 2.56 bits per heavy atom. The summed E-state index contributed by atoms with van der Waals surface area (Å²) in [5.41, 5.74) is 2.25. The van der Waals surface area contributed by atoms with Crippen molar-refractivity contribution in [2.75, 3.05) is 39.0 Å². The minimum Gasteiger partial charge on any atom is -0.484 e. The molecule has 2 aromatic rings. The topological polar surface area (TPSA) is 72.0 Å². The number of hydrogen-bond donors (Lipinski definition) is 0. The van der Waals surface area contributed by atoms with Crippen LogP contribution in [0.25, 0.3) is 0 Å². The van der Waals surface area contributed by atoms with Gasteiger partial charge in [0.25, 0.3) is 5.88 Å². The molecule has 0 radical (unpaired) electrons. The van der Waals surface area contributed by atoms with Crippen LogP contribution in [0.3, 0.4) is 0 Å². The molecule has 1 fully saturated rings. The number of hydrogen-bond acceptors (Lipinski definition) is 6. The van der Waals surface area contributed by atoms with Crippen LogP contribution in [0.15, 0.2) is 42.6 Å². The van der Waals surface area contributed by atoms with Gasteiger partial charge in [-0.25, -0.2) is 13.4 Å². The first-order chi connectivity index (χ1) is 13.0. The molecule has 0 bridgehead atoms. The van der Waals surface area contributed by atoms with Crippen LogP contribution in [0, 0.1) is 0 Å². The summed E-state index contributed by atoms with van der Waals surface area (Å²) in [6.45, 7) is 3.87. The molecule has 8 heteroatoms. The number of ether oxygens (including phenoxy) is 2. The second kappa shape index (κ2) is 7.46. The summed E-state index contributed by atoms with van der Waals surface area (Å²) in [7, 11) is -3.09. The lowest BCUT2D eigenvalue weighted by atomic mass is 10.1. The van der Waals surface area contributed by atoms with Gasteiger partial charge in [0.2, 0.25) is 10.0 Å². The van der Waals surface area contributed by atoms with E-state index in [1.807, 2.05) is 12.1 Å². The highest BCUT2D eigenvalue weighted by molar-refractivity contribution is 7.88. The van der Waals surface area contributed by atoms with E-state index in [9.17, 15) is 8.42 Å². The van der Waals surface area contributed by atoms with E-state index in [1.165, 1.54) is 11.8 Å². The van der Waals surface area contributed by atoms with E-state index in [2.05, 4.69) is 34.1 Å². The van der Waals surface area contributed by atoms with Crippen LogP contribution in [0.2, 0.25) is 0 Å². The fraction of sp³-hybridized carbons (Fsp3) is 0.421. The van der Waals surface area contributed by atoms with Crippen LogP contribution in [-0.4, -0.2) is 61.6 Å². The first kappa shape index (κ1) is 18.2. The predicted octanol–water partition coefficient (Wildman–Crippen LogP) is 1.67. The van der Waals surface area contributed by atoms with Crippen LogP contribution in [0.5, 0.6) is 11.6 Å². The average Bonchev–Trinajstić information content (AvgIpc) is 2.68. The summed E-state index contributed by atoms with van der Waals surface area (Å²) in [5.74, 6) is 1.21. The fourth-order valence-electron chi connectivity index (χ4n) is 3.39. The van der Waals surface area contributed by atoms with Gasteiger partial charge in [-0.15, -0.1) is 0 Å². The van der Waals surface area contributed by atoms with Gasteiger partial charge in [-0.1, -0.05) is 24.3 Å². The van der Waals surface area contributed by atoms with Crippen molar-refractivity contribution in [2.24, 2.45) is 0 Å². The van der Waals surface area contributed by atoms with Gasteiger partial charge in [0, 0.05) is 38.9 Å². The average molecular weight is 389 g/mol. The number of benzene rings is 1. The molecule has 0 saturated carbocycles. The molecule has 1 saturated heterocycles. The van der Waals surface area contributed by atoms with Crippen LogP contribution in [-0.2, 0) is 16.6 Å². The van der Waals surface area contributed by atoms with Crippen LogP contribution < -0.4 is 9.47 Å². The molecule has 1 aromatic carbocycles. The van der Waals surface area contributed by atoms with Crippen LogP contribution >= 0.6 is 0 Å². The van der Waals surface area contributed by atoms with Crippen LogP contribution in [0.1, 0.15) is 17.2 Å². The van der Waals surface area contributed by atoms with Gasteiger partial charge >= 0.3 is 0 Å². The molecule has 7 nitrogen and oxygen atoms in total. The Bertz CT molecular complexity index is 893. The Morgan fingerprint density at radius 1 is 1.11 bits per heavy atom. The predicted molar refractivity (Wildman–Crippen MR) is 101 cm³/mol. The van der Waals surface area contributed by atoms with Crippen molar-refractivity contribution < 1.29 is 17.9 Å². The van der Waals surface area contributed by atoms with Crippen molar-refractivity contribution in [2.45, 2.75) is 12.6 Å². The Hall–Kier alpha value is -2.16. The third-order valence-corrected chi connectivity index (χ3v) is 6.24. The molecule has 1 aromatic heterocycles. The van der Waals surface area contributed by atoms with Crippen molar-refractivity contribution >= 4 is 10.0 Å². The van der Waals surface area contributed by atoms with Gasteiger partial charge in [-0.05, 0) is 23.3 Å².